The van der Waals surface area contributed by atoms with Crippen molar-refractivity contribution < 1.29 is 13.5 Å². The lowest BCUT2D eigenvalue weighted by Gasteiger charge is -2.33. The van der Waals surface area contributed by atoms with Crippen molar-refractivity contribution in [3.63, 3.8) is 0 Å². The molecule has 6 heteroatoms. The summed E-state index contributed by atoms with van der Waals surface area (Å²) in [6.07, 6.45) is 2.15. The molecule has 0 aromatic carbocycles. The SMILES string of the molecule is O=S1(=O)CCC(NCC2(O)CCNCC2)C1. The Balaban J connectivity index is 1.79. The number of nitrogens with one attached hydrogen (secondary N) is 2. The van der Waals surface area contributed by atoms with E-state index in [4.69, 9.17) is 0 Å². The van der Waals surface area contributed by atoms with E-state index in [0.717, 1.165) is 25.9 Å². The van der Waals surface area contributed by atoms with Crippen LogP contribution in [0.25, 0.3) is 0 Å². The van der Waals surface area contributed by atoms with Gasteiger partial charge in [-0.15, -0.1) is 0 Å². The van der Waals surface area contributed by atoms with Crippen LogP contribution in [0.15, 0.2) is 0 Å². The largest absolute Gasteiger partial charge is 0.388 e. The summed E-state index contributed by atoms with van der Waals surface area (Å²) >= 11 is 0. The van der Waals surface area contributed by atoms with Crippen molar-refractivity contribution >= 4 is 9.84 Å². The molecule has 0 aromatic heterocycles. The van der Waals surface area contributed by atoms with Crippen LogP contribution in [-0.4, -0.2) is 56.3 Å². The lowest BCUT2D eigenvalue weighted by molar-refractivity contribution is 0.00941. The van der Waals surface area contributed by atoms with Gasteiger partial charge in [-0.25, -0.2) is 8.42 Å². The quantitative estimate of drug-likeness (QED) is 0.589. The Bertz CT molecular complexity index is 336. The zero-order valence-electron chi connectivity index (χ0n) is 9.41. The minimum Gasteiger partial charge on any atom is -0.388 e. The van der Waals surface area contributed by atoms with E-state index in [1.54, 1.807) is 0 Å². The van der Waals surface area contributed by atoms with Crippen LogP contribution in [0.5, 0.6) is 0 Å². The third-order valence-electron chi connectivity index (χ3n) is 3.49. The average molecular weight is 248 g/mol. The third-order valence-corrected chi connectivity index (χ3v) is 5.25. The second-order valence-corrected chi connectivity index (χ2v) is 7.18. The van der Waals surface area contributed by atoms with E-state index in [0.29, 0.717) is 13.0 Å². The van der Waals surface area contributed by atoms with Crippen LogP contribution >= 0.6 is 0 Å². The van der Waals surface area contributed by atoms with Gasteiger partial charge in [0, 0.05) is 12.6 Å². The summed E-state index contributed by atoms with van der Waals surface area (Å²) in [7, 11) is -2.82. The summed E-state index contributed by atoms with van der Waals surface area (Å²) in [5.74, 6) is 0.506. The van der Waals surface area contributed by atoms with Gasteiger partial charge in [0.1, 0.15) is 0 Å². The van der Waals surface area contributed by atoms with Gasteiger partial charge in [-0.05, 0) is 32.4 Å². The molecule has 2 aliphatic heterocycles. The van der Waals surface area contributed by atoms with Crippen LogP contribution < -0.4 is 10.6 Å². The first-order valence-corrected chi connectivity index (χ1v) is 7.68. The normalized spacial score (nSPS) is 32.7. The molecule has 0 aromatic rings. The van der Waals surface area contributed by atoms with Crippen molar-refractivity contribution in [3.05, 3.63) is 0 Å². The highest BCUT2D eigenvalue weighted by molar-refractivity contribution is 7.91. The van der Waals surface area contributed by atoms with E-state index >= 15 is 0 Å². The minimum atomic E-state index is -2.82. The molecule has 2 heterocycles. The average Bonchev–Trinajstić information content (AvgIpc) is 2.57. The monoisotopic (exact) mass is 248 g/mol. The molecule has 3 N–H and O–H groups in total. The lowest BCUT2D eigenvalue weighted by Crippen LogP contribution is -2.50. The van der Waals surface area contributed by atoms with E-state index in [1.807, 2.05) is 0 Å². The van der Waals surface area contributed by atoms with Crippen molar-refractivity contribution in [1.82, 2.24) is 10.6 Å². The van der Waals surface area contributed by atoms with Crippen LogP contribution in [0, 0.1) is 0 Å². The molecule has 0 saturated carbocycles. The smallest absolute Gasteiger partial charge is 0.151 e. The number of hydrogen-bond donors (Lipinski definition) is 3. The predicted molar refractivity (Wildman–Crippen MR) is 62.1 cm³/mol. The molecular weight excluding hydrogens is 228 g/mol. The number of piperidine rings is 1. The first kappa shape index (κ1) is 12.3. The first-order valence-electron chi connectivity index (χ1n) is 5.86. The molecule has 0 bridgehead atoms. The Morgan fingerprint density at radius 3 is 2.62 bits per heavy atom. The van der Waals surface area contributed by atoms with Crippen LogP contribution in [0.2, 0.25) is 0 Å². The van der Waals surface area contributed by atoms with Crippen LogP contribution in [0.3, 0.4) is 0 Å². The maximum Gasteiger partial charge on any atom is 0.151 e. The molecule has 2 rings (SSSR count). The van der Waals surface area contributed by atoms with Gasteiger partial charge < -0.3 is 15.7 Å². The van der Waals surface area contributed by atoms with E-state index in [-0.39, 0.29) is 17.5 Å². The van der Waals surface area contributed by atoms with Crippen molar-refractivity contribution in [1.29, 1.82) is 0 Å². The Morgan fingerprint density at radius 1 is 1.38 bits per heavy atom. The standard InChI is InChI=1S/C10H20N2O3S/c13-10(2-4-11-5-3-10)8-12-9-1-6-16(14,15)7-9/h9,11-13H,1-8H2. The molecule has 2 fully saturated rings. The van der Waals surface area contributed by atoms with Crippen molar-refractivity contribution in [2.24, 2.45) is 0 Å². The van der Waals surface area contributed by atoms with Gasteiger partial charge in [-0.2, -0.15) is 0 Å². The highest BCUT2D eigenvalue weighted by atomic mass is 32.2. The minimum absolute atomic E-state index is 0.0314. The molecule has 2 aliphatic rings. The summed E-state index contributed by atoms with van der Waals surface area (Å²) < 4.78 is 22.5. The maximum atomic E-state index is 11.3. The fourth-order valence-electron chi connectivity index (χ4n) is 2.36. The summed E-state index contributed by atoms with van der Waals surface area (Å²) in [5.41, 5.74) is -0.655. The Morgan fingerprint density at radius 2 is 2.06 bits per heavy atom. The van der Waals surface area contributed by atoms with Gasteiger partial charge in [0.05, 0.1) is 17.1 Å². The van der Waals surface area contributed by atoms with Gasteiger partial charge >= 0.3 is 0 Å². The van der Waals surface area contributed by atoms with E-state index in [1.165, 1.54) is 0 Å². The molecule has 2 saturated heterocycles. The zero-order chi connectivity index (χ0) is 11.6. The van der Waals surface area contributed by atoms with Crippen molar-refractivity contribution in [2.45, 2.75) is 30.9 Å². The molecule has 1 atom stereocenters. The molecule has 0 aliphatic carbocycles. The van der Waals surface area contributed by atoms with Crippen LogP contribution in [0.4, 0.5) is 0 Å². The molecule has 5 nitrogen and oxygen atoms in total. The summed E-state index contributed by atoms with van der Waals surface area (Å²) in [6.45, 7) is 2.18. The number of hydrogen-bond acceptors (Lipinski definition) is 5. The van der Waals surface area contributed by atoms with E-state index in [2.05, 4.69) is 10.6 Å². The molecule has 16 heavy (non-hydrogen) atoms. The fourth-order valence-corrected chi connectivity index (χ4v) is 4.07. The molecule has 94 valence electrons. The Hall–Kier alpha value is -0.170. The molecule has 0 radical (unpaired) electrons. The summed E-state index contributed by atoms with van der Waals surface area (Å²) in [6, 6.07) is 0.0314. The second kappa shape index (κ2) is 4.60. The van der Waals surface area contributed by atoms with Gasteiger partial charge in [0.2, 0.25) is 0 Å². The van der Waals surface area contributed by atoms with Gasteiger partial charge in [0.15, 0.2) is 9.84 Å². The van der Waals surface area contributed by atoms with Crippen molar-refractivity contribution in [2.75, 3.05) is 31.1 Å². The third kappa shape index (κ3) is 3.16. The molecule has 0 spiro atoms. The Labute approximate surface area is 96.5 Å². The van der Waals surface area contributed by atoms with Gasteiger partial charge in [-0.1, -0.05) is 0 Å². The fraction of sp³-hybridized carbons (Fsp3) is 1.00. The van der Waals surface area contributed by atoms with Crippen LogP contribution in [-0.2, 0) is 9.84 Å². The van der Waals surface area contributed by atoms with Crippen molar-refractivity contribution in [3.8, 4) is 0 Å². The molecular formula is C10H20N2O3S. The topological polar surface area (TPSA) is 78.4 Å². The predicted octanol–water partition coefficient (Wildman–Crippen LogP) is -1.12. The number of aliphatic hydroxyl groups is 1. The highest BCUT2D eigenvalue weighted by Gasteiger charge is 2.32. The summed E-state index contributed by atoms with van der Waals surface area (Å²) in [4.78, 5) is 0. The van der Waals surface area contributed by atoms with Crippen LogP contribution in [0.1, 0.15) is 19.3 Å². The number of rotatable bonds is 3. The zero-order valence-corrected chi connectivity index (χ0v) is 10.2. The molecule has 0 amide bonds. The number of sulfone groups is 1. The van der Waals surface area contributed by atoms with Gasteiger partial charge in [0.25, 0.3) is 0 Å². The van der Waals surface area contributed by atoms with E-state index in [9.17, 15) is 13.5 Å². The second-order valence-electron chi connectivity index (χ2n) is 4.96. The summed E-state index contributed by atoms with van der Waals surface area (Å²) in [5, 5.41) is 16.6. The molecule has 1 unspecified atom stereocenters. The maximum absolute atomic E-state index is 11.3. The van der Waals surface area contributed by atoms with Gasteiger partial charge in [-0.3, -0.25) is 0 Å². The Kier molecular flexibility index (Phi) is 3.53. The first-order chi connectivity index (χ1) is 7.49. The lowest BCUT2D eigenvalue weighted by atomic mass is 9.92. The van der Waals surface area contributed by atoms with E-state index < -0.39 is 15.4 Å². The highest BCUT2D eigenvalue weighted by Crippen LogP contribution is 2.18.